The van der Waals surface area contributed by atoms with Gasteiger partial charge in [0.1, 0.15) is 12.4 Å². The summed E-state index contributed by atoms with van der Waals surface area (Å²) < 4.78 is 5.19. The van der Waals surface area contributed by atoms with Crippen molar-refractivity contribution in [2.45, 2.75) is 0 Å². The van der Waals surface area contributed by atoms with Gasteiger partial charge in [-0.25, -0.2) is 0 Å². The molecule has 0 bridgehead atoms. The van der Waals surface area contributed by atoms with Gasteiger partial charge in [0.05, 0.1) is 13.2 Å². The highest BCUT2D eigenvalue weighted by Crippen LogP contribution is 2.14. The molecule has 0 aromatic heterocycles. The number of benzene rings is 1. The van der Waals surface area contributed by atoms with Gasteiger partial charge in [-0.3, -0.25) is 0 Å². The Bertz CT molecular complexity index is 221. The van der Waals surface area contributed by atoms with Crippen LogP contribution < -0.4 is 10.1 Å². The van der Waals surface area contributed by atoms with Crippen molar-refractivity contribution in [3.05, 3.63) is 24.3 Å². The highest BCUT2D eigenvalue weighted by Gasteiger charge is 1.93. The van der Waals surface area contributed by atoms with E-state index >= 15 is 0 Å². The van der Waals surface area contributed by atoms with Gasteiger partial charge in [-0.05, 0) is 24.3 Å². The molecule has 0 atom stereocenters. The summed E-state index contributed by atoms with van der Waals surface area (Å²) in [5.41, 5.74) is 0.940. The fourth-order valence-corrected chi connectivity index (χ4v) is 1.03. The van der Waals surface area contributed by atoms with Crippen molar-refractivity contribution in [3.63, 3.8) is 0 Å². The summed E-state index contributed by atoms with van der Waals surface area (Å²) in [7, 11) is 0. The summed E-state index contributed by atoms with van der Waals surface area (Å²) in [5.74, 6) is 0.730. The third-order valence-corrected chi connectivity index (χ3v) is 1.66. The zero-order valence-electron chi connectivity index (χ0n) is 7.94. The third kappa shape index (κ3) is 3.64. The molecule has 3 N–H and O–H groups in total. The van der Waals surface area contributed by atoms with Crippen LogP contribution in [-0.4, -0.2) is 36.6 Å². The molecule has 4 heteroatoms. The number of hydrogen-bond donors (Lipinski definition) is 3. The lowest BCUT2D eigenvalue weighted by Crippen LogP contribution is -2.05. The summed E-state index contributed by atoms with van der Waals surface area (Å²) in [6.07, 6.45) is 0. The number of rotatable bonds is 6. The highest BCUT2D eigenvalue weighted by atomic mass is 16.5. The number of nitrogens with one attached hydrogen (secondary N) is 1. The van der Waals surface area contributed by atoms with Gasteiger partial charge in [0.15, 0.2) is 0 Å². The van der Waals surface area contributed by atoms with Gasteiger partial charge in [0.25, 0.3) is 0 Å². The smallest absolute Gasteiger partial charge is 0.119 e. The van der Waals surface area contributed by atoms with Gasteiger partial charge in [-0.2, -0.15) is 0 Å². The molecule has 0 saturated carbocycles. The summed E-state index contributed by atoms with van der Waals surface area (Å²) in [6.45, 7) is 0.980. The van der Waals surface area contributed by atoms with E-state index in [1.165, 1.54) is 0 Å². The molecule has 0 spiro atoms. The van der Waals surface area contributed by atoms with E-state index in [0.29, 0.717) is 13.2 Å². The van der Waals surface area contributed by atoms with Crippen molar-refractivity contribution >= 4 is 5.69 Å². The van der Waals surface area contributed by atoms with Crippen LogP contribution in [0.25, 0.3) is 0 Å². The lowest BCUT2D eigenvalue weighted by Gasteiger charge is -2.06. The number of aliphatic hydroxyl groups excluding tert-OH is 2. The van der Waals surface area contributed by atoms with E-state index in [1.54, 1.807) is 0 Å². The third-order valence-electron chi connectivity index (χ3n) is 1.66. The van der Waals surface area contributed by atoms with E-state index in [4.69, 9.17) is 14.9 Å². The van der Waals surface area contributed by atoms with E-state index in [2.05, 4.69) is 5.32 Å². The zero-order valence-corrected chi connectivity index (χ0v) is 7.94. The van der Waals surface area contributed by atoms with Crippen molar-refractivity contribution in [3.8, 4) is 5.75 Å². The molecule has 0 aliphatic rings. The minimum absolute atomic E-state index is 0.0184. The Kier molecular flexibility index (Phi) is 4.82. The van der Waals surface area contributed by atoms with Crippen LogP contribution in [0.5, 0.6) is 5.75 Å². The molecule has 0 heterocycles. The van der Waals surface area contributed by atoms with Gasteiger partial charge in [-0.1, -0.05) is 0 Å². The van der Waals surface area contributed by atoms with E-state index in [9.17, 15) is 0 Å². The maximum atomic E-state index is 8.58. The second-order valence-electron chi connectivity index (χ2n) is 2.75. The number of aliphatic hydroxyl groups is 2. The minimum atomic E-state index is 0.0184. The Morgan fingerprint density at radius 3 is 2.36 bits per heavy atom. The fourth-order valence-electron chi connectivity index (χ4n) is 1.03. The van der Waals surface area contributed by atoms with Crippen molar-refractivity contribution in [1.82, 2.24) is 0 Å². The van der Waals surface area contributed by atoms with Crippen LogP contribution in [0.2, 0.25) is 0 Å². The van der Waals surface area contributed by atoms with E-state index in [0.717, 1.165) is 11.4 Å². The molecule has 0 radical (unpaired) electrons. The fraction of sp³-hybridized carbons (Fsp3) is 0.400. The molecular formula is C10H15NO3. The molecule has 1 aromatic carbocycles. The van der Waals surface area contributed by atoms with E-state index in [-0.39, 0.29) is 13.2 Å². The largest absolute Gasteiger partial charge is 0.491 e. The van der Waals surface area contributed by atoms with Gasteiger partial charge in [0.2, 0.25) is 0 Å². The minimum Gasteiger partial charge on any atom is -0.491 e. The molecule has 4 nitrogen and oxygen atoms in total. The summed E-state index contributed by atoms with van der Waals surface area (Å²) in [4.78, 5) is 0. The van der Waals surface area contributed by atoms with Gasteiger partial charge >= 0.3 is 0 Å². The van der Waals surface area contributed by atoms with Crippen molar-refractivity contribution in [2.75, 3.05) is 31.7 Å². The molecule has 1 rings (SSSR count). The van der Waals surface area contributed by atoms with E-state index in [1.807, 2.05) is 24.3 Å². The van der Waals surface area contributed by atoms with Gasteiger partial charge in [0, 0.05) is 12.2 Å². The second kappa shape index (κ2) is 6.23. The lowest BCUT2D eigenvalue weighted by atomic mass is 10.3. The first kappa shape index (κ1) is 10.8. The Morgan fingerprint density at radius 1 is 1.07 bits per heavy atom. The van der Waals surface area contributed by atoms with Crippen LogP contribution in [0.15, 0.2) is 24.3 Å². The summed E-state index contributed by atoms with van der Waals surface area (Å²) in [6, 6.07) is 7.36. The number of anilines is 1. The first-order valence-corrected chi connectivity index (χ1v) is 4.55. The molecular weight excluding hydrogens is 182 g/mol. The Labute approximate surface area is 83.1 Å². The van der Waals surface area contributed by atoms with Crippen LogP contribution in [0.1, 0.15) is 0 Å². The Balaban J connectivity index is 2.42. The summed E-state index contributed by atoms with van der Waals surface area (Å²) in [5, 5.41) is 20.1. The summed E-state index contributed by atoms with van der Waals surface area (Å²) >= 11 is 0. The van der Waals surface area contributed by atoms with Gasteiger partial charge in [-0.15, -0.1) is 0 Å². The van der Waals surface area contributed by atoms with Crippen molar-refractivity contribution < 1.29 is 14.9 Å². The first-order valence-electron chi connectivity index (χ1n) is 4.55. The van der Waals surface area contributed by atoms with Crippen molar-refractivity contribution in [2.24, 2.45) is 0 Å². The zero-order chi connectivity index (χ0) is 10.2. The molecule has 0 aliphatic heterocycles. The van der Waals surface area contributed by atoms with Crippen LogP contribution in [0.3, 0.4) is 0 Å². The van der Waals surface area contributed by atoms with Crippen molar-refractivity contribution in [1.29, 1.82) is 0 Å². The van der Waals surface area contributed by atoms with E-state index < -0.39 is 0 Å². The van der Waals surface area contributed by atoms with Crippen LogP contribution in [0.4, 0.5) is 5.69 Å². The van der Waals surface area contributed by atoms with Crippen LogP contribution >= 0.6 is 0 Å². The predicted octanol–water partition coefficient (Wildman–Crippen LogP) is 0.462. The quantitative estimate of drug-likeness (QED) is 0.620. The monoisotopic (exact) mass is 197 g/mol. The highest BCUT2D eigenvalue weighted by molar-refractivity contribution is 5.46. The van der Waals surface area contributed by atoms with Gasteiger partial charge < -0.3 is 20.3 Å². The SMILES string of the molecule is OCCNc1ccc(OCCO)cc1. The van der Waals surface area contributed by atoms with Crippen LogP contribution in [-0.2, 0) is 0 Å². The number of hydrogen-bond acceptors (Lipinski definition) is 4. The standard InChI is InChI=1S/C10H15NO3/c12-6-5-11-9-1-3-10(4-2-9)14-8-7-13/h1-4,11-13H,5-8H2. The topological polar surface area (TPSA) is 61.7 Å². The second-order valence-corrected chi connectivity index (χ2v) is 2.75. The number of ether oxygens (including phenoxy) is 1. The normalized spacial score (nSPS) is 9.86. The molecule has 14 heavy (non-hydrogen) atoms. The molecule has 0 saturated heterocycles. The predicted molar refractivity (Wildman–Crippen MR) is 54.6 cm³/mol. The molecule has 0 fully saturated rings. The first-order chi connectivity index (χ1) is 6.86. The molecule has 1 aromatic rings. The maximum Gasteiger partial charge on any atom is 0.119 e. The van der Waals surface area contributed by atoms with Crippen LogP contribution in [0, 0.1) is 0 Å². The maximum absolute atomic E-state index is 8.58. The Hall–Kier alpha value is -1.26. The molecule has 0 amide bonds. The average molecular weight is 197 g/mol. The lowest BCUT2D eigenvalue weighted by molar-refractivity contribution is 0.201. The Morgan fingerprint density at radius 2 is 1.79 bits per heavy atom. The molecule has 0 aliphatic carbocycles. The molecule has 78 valence electrons. The molecule has 0 unspecified atom stereocenters. The average Bonchev–Trinajstić information content (AvgIpc) is 2.25.